The van der Waals surface area contributed by atoms with Gasteiger partial charge in [-0.25, -0.2) is 0 Å². The van der Waals surface area contributed by atoms with Gasteiger partial charge in [0.15, 0.2) is 0 Å². The zero-order valence-corrected chi connectivity index (χ0v) is 9.06. The van der Waals surface area contributed by atoms with Crippen LogP contribution in [-0.2, 0) is 0 Å². The van der Waals surface area contributed by atoms with Crippen LogP contribution in [0.3, 0.4) is 0 Å². The van der Waals surface area contributed by atoms with Crippen LogP contribution in [0.15, 0.2) is 28.8 Å². The van der Waals surface area contributed by atoms with E-state index in [4.69, 9.17) is 4.52 Å². The minimum absolute atomic E-state index is 0.585. The van der Waals surface area contributed by atoms with Crippen molar-refractivity contribution in [2.45, 2.75) is 6.92 Å². The molecule has 0 N–H and O–H groups in total. The molecule has 0 atom stereocenters. The van der Waals surface area contributed by atoms with Crippen molar-refractivity contribution in [1.29, 1.82) is 0 Å². The highest BCUT2D eigenvalue weighted by molar-refractivity contribution is 5.59. The average molecular weight is 203 g/mol. The van der Waals surface area contributed by atoms with Crippen molar-refractivity contribution in [3.05, 3.63) is 30.2 Å². The summed E-state index contributed by atoms with van der Waals surface area (Å²) in [5.74, 6) is 1.22. The standard InChI is InChI=1S/C11H13N3O/c1-8-12-11(13-15-8)9-4-6-10(7-5-9)14(2)3/h4-7H,1-3H3. The van der Waals surface area contributed by atoms with Crippen LogP contribution in [0.25, 0.3) is 11.4 Å². The van der Waals surface area contributed by atoms with Gasteiger partial charge in [0, 0.05) is 32.3 Å². The molecule has 4 heteroatoms. The van der Waals surface area contributed by atoms with Gasteiger partial charge in [0.25, 0.3) is 0 Å². The van der Waals surface area contributed by atoms with E-state index in [1.807, 2.05) is 43.3 Å². The van der Waals surface area contributed by atoms with E-state index in [0.29, 0.717) is 11.7 Å². The molecule has 0 aliphatic carbocycles. The van der Waals surface area contributed by atoms with Crippen LogP contribution >= 0.6 is 0 Å². The van der Waals surface area contributed by atoms with Gasteiger partial charge in [-0.1, -0.05) is 5.16 Å². The first-order valence-electron chi connectivity index (χ1n) is 4.75. The van der Waals surface area contributed by atoms with E-state index in [1.54, 1.807) is 6.92 Å². The van der Waals surface area contributed by atoms with Crippen LogP contribution in [-0.4, -0.2) is 24.2 Å². The monoisotopic (exact) mass is 203 g/mol. The molecule has 2 rings (SSSR count). The Balaban J connectivity index is 2.31. The van der Waals surface area contributed by atoms with Crippen molar-refractivity contribution in [1.82, 2.24) is 10.1 Å². The van der Waals surface area contributed by atoms with Gasteiger partial charge in [-0.2, -0.15) is 4.98 Å². The Kier molecular flexibility index (Phi) is 2.41. The summed E-state index contributed by atoms with van der Waals surface area (Å²) in [6.07, 6.45) is 0. The Labute approximate surface area is 88.5 Å². The highest BCUT2D eigenvalue weighted by Gasteiger charge is 2.05. The van der Waals surface area contributed by atoms with E-state index in [1.165, 1.54) is 0 Å². The SMILES string of the molecule is Cc1nc(-c2ccc(N(C)C)cc2)no1. The normalized spacial score (nSPS) is 10.3. The number of anilines is 1. The second-order valence-electron chi connectivity index (χ2n) is 3.58. The molecule has 0 spiro atoms. The minimum Gasteiger partial charge on any atom is -0.378 e. The lowest BCUT2D eigenvalue weighted by molar-refractivity contribution is 0.394. The summed E-state index contributed by atoms with van der Waals surface area (Å²) in [5.41, 5.74) is 2.12. The van der Waals surface area contributed by atoms with Crippen molar-refractivity contribution < 1.29 is 4.52 Å². The molecular formula is C11H13N3O. The van der Waals surface area contributed by atoms with Gasteiger partial charge in [0.05, 0.1) is 0 Å². The number of hydrogen-bond acceptors (Lipinski definition) is 4. The van der Waals surface area contributed by atoms with E-state index in [0.717, 1.165) is 11.3 Å². The van der Waals surface area contributed by atoms with Crippen LogP contribution in [0.5, 0.6) is 0 Å². The van der Waals surface area contributed by atoms with Crippen molar-refractivity contribution >= 4 is 5.69 Å². The van der Waals surface area contributed by atoms with Crippen LogP contribution < -0.4 is 4.90 Å². The lowest BCUT2D eigenvalue weighted by Gasteiger charge is -2.11. The molecule has 1 aromatic carbocycles. The number of hydrogen-bond donors (Lipinski definition) is 0. The van der Waals surface area contributed by atoms with Gasteiger partial charge in [-0.3, -0.25) is 0 Å². The van der Waals surface area contributed by atoms with Gasteiger partial charge in [-0.05, 0) is 24.3 Å². The first-order chi connectivity index (χ1) is 7.16. The van der Waals surface area contributed by atoms with Gasteiger partial charge in [0.2, 0.25) is 11.7 Å². The molecule has 1 aromatic heterocycles. The smallest absolute Gasteiger partial charge is 0.223 e. The minimum atomic E-state index is 0.585. The lowest BCUT2D eigenvalue weighted by Crippen LogP contribution is -2.07. The summed E-state index contributed by atoms with van der Waals surface area (Å²) in [4.78, 5) is 6.21. The van der Waals surface area contributed by atoms with Crippen molar-refractivity contribution in [2.24, 2.45) is 0 Å². The summed E-state index contributed by atoms with van der Waals surface area (Å²) in [7, 11) is 4.01. The van der Waals surface area contributed by atoms with Crippen molar-refractivity contribution in [3.8, 4) is 11.4 Å². The van der Waals surface area contributed by atoms with E-state index in [-0.39, 0.29) is 0 Å². The summed E-state index contributed by atoms with van der Waals surface area (Å²) in [6.45, 7) is 1.78. The highest BCUT2D eigenvalue weighted by Crippen LogP contribution is 2.19. The summed E-state index contributed by atoms with van der Waals surface area (Å²) in [5, 5.41) is 3.86. The van der Waals surface area contributed by atoms with Gasteiger partial charge < -0.3 is 9.42 Å². The maximum atomic E-state index is 4.93. The fourth-order valence-corrected chi connectivity index (χ4v) is 1.33. The zero-order chi connectivity index (χ0) is 10.8. The molecule has 0 aliphatic rings. The Morgan fingerprint density at radius 1 is 1.13 bits per heavy atom. The molecular weight excluding hydrogens is 190 g/mol. The molecule has 78 valence electrons. The van der Waals surface area contributed by atoms with Crippen molar-refractivity contribution in [3.63, 3.8) is 0 Å². The largest absolute Gasteiger partial charge is 0.378 e. The van der Waals surface area contributed by atoms with Gasteiger partial charge in [-0.15, -0.1) is 0 Å². The highest BCUT2D eigenvalue weighted by atomic mass is 16.5. The second-order valence-corrected chi connectivity index (χ2v) is 3.58. The summed E-state index contributed by atoms with van der Waals surface area (Å²) < 4.78 is 4.93. The first kappa shape index (κ1) is 9.71. The fourth-order valence-electron chi connectivity index (χ4n) is 1.33. The summed E-state index contributed by atoms with van der Waals surface area (Å²) >= 11 is 0. The molecule has 0 saturated carbocycles. The molecule has 15 heavy (non-hydrogen) atoms. The third-order valence-corrected chi connectivity index (χ3v) is 2.17. The Bertz CT molecular complexity index is 445. The van der Waals surface area contributed by atoms with Crippen LogP contribution in [0, 0.1) is 6.92 Å². The number of benzene rings is 1. The Hall–Kier alpha value is -1.84. The molecule has 1 heterocycles. The van der Waals surface area contributed by atoms with E-state index in [9.17, 15) is 0 Å². The molecule has 2 aromatic rings. The third kappa shape index (κ3) is 1.98. The van der Waals surface area contributed by atoms with E-state index in [2.05, 4.69) is 10.1 Å². The number of rotatable bonds is 2. The van der Waals surface area contributed by atoms with Crippen LogP contribution in [0.2, 0.25) is 0 Å². The predicted octanol–water partition coefficient (Wildman–Crippen LogP) is 2.11. The average Bonchev–Trinajstić information content (AvgIpc) is 2.65. The molecule has 0 saturated heterocycles. The van der Waals surface area contributed by atoms with Crippen molar-refractivity contribution in [2.75, 3.05) is 19.0 Å². The van der Waals surface area contributed by atoms with Crippen LogP contribution in [0.4, 0.5) is 5.69 Å². The number of nitrogens with zero attached hydrogens (tertiary/aromatic N) is 3. The van der Waals surface area contributed by atoms with Gasteiger partial charge in [0.1, 0.15) is 0 Å². The maximum absolute atomic E-state index is 4.93. The molecule has 0 aliphatic heterocycles. The Morgan fingerprint density at radius 2 is 1.80 bits per heavy atom. The number of aryl methyl sites for hydroxylation is 1. The molecule has 0 amide bonds. The lowest BCUT2D eigenvalue weighted by atomic mass is 10.2. The molecule has 0 fully saturated rings. The summed E-state index contributed by atoms with van der Waals surface area (Å²) in [6, 6.07) is 8.03. The Morgan fingerprint density at radius 3 is 2.27 bits per heavy atom. The van der Waals surface area contributed by atoms with Crippen LogP contribution in [0.1, 0.15) is 5.89 Å². The maximum Gasteiger partial charge on any atom is 0.223 e. The molecule has 0 radical (unpaired) electrons. The van der Waals surface area contributed by atoms with E-state index >= 15 is 0 Å². The predicted molar refractivity (Wildman–Crippen MR) is 58.8 cm³/mol. The van der Waals surface area contributed by atoms with E-state index < -0.39 is 0 Å². The second kappa shape index (κ2) is 3.73. The van der Waals surface area contributed by atoms with Gasteiger partial charge >= 0.3 is 0 Å². The number of aromatic nitrogens is 2. The third-order valence-electron chi connectivity index (χ3n) is 2.17. The zero-order valence-electron chi connectivity index (χ0n) is 9.06. The topological polar surface area (TPSA) is 42.2 Å². The molecule has 4 nitrogen and oxygen atoms in total. The first-order valence-corrected chi connectivity index (χ1v) is 4.75. The fraction of sp³-hybridized carbons (Fsp3) is 0.273. The molecule has 0 bridgehead atoms. The molecule has 0 unspecified atom stereocenters. The quantitative estimate of drug-likeness (QED) is 0.749.